The number of benzene rings is 7. The van der Waals surface area contributed by atoms with Gasteiger partial charge in [-0.2, -0.15) is 0 Å². The van der Waals surface area contributed by atoms with Crippen molar-refractivity contribution >= 4 is 43.1 Å². The molecule has 4 aliphatic carbocycles. The van der Waals surface area contributed by atoms with E-state index in [1.807, 2.05) is 0 Å². The number of nitrogens with zero attached hydrogens (tertiary/aromatic N) is 3. The van der Waals surface area contributed by atoms with E-state index in [0.29, 0.717) is 0 Å². The van der Waals surface area contributed by atoms with Gasteiger partial charge in [-0.1, -0.05) is 109 Å². The minimum absolute atomic E-state index is 0.0482. The quantitative estimate of drug-likeness (QED) is 0.179. The highest BCUT2D eigenvalue weighted by molar-refractivity contribution is 6.09. The van der Waals surface area contributed by atoms with Crippen molar-refractivity contribution in [3.8, 4) is 33.9 Å². The highest BCUT2D eigenvalue weighted by Crippen LogP contribution is 2.60. The Kier molecular flexibility index (Phi) is 6.14. The molecule has 12 rings (SSSR count). The Morgan fingerprint density at radius 2 is 0.940 bits per heavy atom. The molecule has 4 bridgehead atoms. The second kappa shape index (κ2) is 10.8. The third-order valence-corrected chi connectivity index (χ3v) is 12.3. The molecule has 0 saturated heterocycles. The molecular formula is C47H37N3. The number of hydrogen-bond donors (Lipinski definition) is 0. The molecule has 4 aliphatic rings. The van der Waals surface area contributed by atoms with E-state index in [2.05, 4.69) is 133 Å². The Balaban J connectivity index is 1.12. The standard InChI is InChI=1S/C47H37N3/c1-2-9-34-23-38(16-13-32(34)7-1)44-48-45(50-46(49-44)47-26-29-19-30(27-47)21-31(20-29)28-47)43-25-39(24-36-10-4-6-12-41(36)43)35-17-18-42-37(22-35)15-14-33-8-3-5-11-40(33)42/h1-18,22-25,29-31H,19-21,26-28H2. The van der Waals surface area contributed by atoms with E-state index in [9.17, 15) is 0 Å². The maximum Gasteiger partial charge on any atom is 0.164 e. The average molecular weight is 644 g/mol. The summed E-state index contributed by atoms with van der Waals surface area (Å²) in [5, 5.41) is 9.91. The Morgan fingerprint density at radius 1 is 0.400 bits per heavy atom. The molecule has 3 nitrogen and oxygen atoms in total. The summed E-state index contributed by atoms with van der Waals surface area (Å²) in [4.78, 5) is 16.3. The number of fused-ring (bicyclic) bond motifs is 5. The molecule has 0 N–H and O–H groups in total. The molecule has 0 amide bonds. The first kappa shape index (κ1) is 28.4. The highest BCUT2D eigenvalue weighted by Gasteiger charge is 2.53. The van der Waals surface area contributed by atoms with Crippen molar-refractivity contribution in [2.45, 2.75) is 43.9 Å². The van der Waals surface area contributed by atoms with E-state index in [4.69, 9.17) is 15.0 Å². The van der Waals surface area contributed by atoms with Crippen molar-refractivity contribution in [3.63, 3.8) is 0 Å². The molecule has 3 heteroatoms. The van der Waals surface area contributed by atoms with Gasteiger partial charge >= 0.3 is 0 Å². The van der Waals surface area contributed by atoms with E-state index in [1.54, 1.807) is 0 Å². The average Bonchev–Trinajstić information content (AvgIpc) is 3.16. The van der Waals surface area contributed by atoms with Crippen molar-refractivity contribution in [2.75, 3.05) is 0 Å². The van der Waals surface area contributed by atoms with Crippen molar-refractivity contribution in [2.24, 2.45) is 17.8 Å². The van der Waals surface area contributed by atoms with Gasteiger partial charge < -0.3 is 0 Å². The van der Waals surface area contributed by atoms with Gasteiger partial charge in [0.15, 0.2) is 11.6 Å². The number of rotatable bonds is 4. The summed E-state index contributed by atoms with van der Waals surface area (Å²) < 4.78 is 0. The lowest BCUT2D eigenvalue weighted by molar-refractivity contribution is -0.00938. The topological polar surface area (TPSA) is 38.7 Å². The van der Waals surface area contributed by atoms with Gasteiger partial charge in [0.2, 0.25) is 0 Å². The molecule has 4 fully saturated rings. The minimum atomic E-state index is 0.0482. The lowest BCUT2D eigenvalue weighted by atomic mass is 9.49. The third-order valence-electron chi connectivity index (χ3n) is 12.3. The summed E-state index contributed by atoms with van der Waals surface area (Å²) in [5.41, 5.74) is 4.56. The van der Waals surface area contributed by atoms with Crippen LogP contribution in [0.5, 0.6) is 0 Å². The molecule has 0 unspecified atom stereocenters. The fourth-order valence-electron chi connectivity index (χ4n) is 10.4. The number of hydrogen-bond acceptors (Lipinski definition) is 3. The van der Waals surface area contributed by atoms with E-state index in [-0.39, 0.29) is 5.41 Å². The zero-order valence-electron chi connectivity index (χ0n) is 28.0. The van der Waals surface area contributed by atoms with Crippen molar-refractivity contribution in [1.82, 2.24) is 15.0 Å². The normalized spacial score (nSPS) is 22.6. The van der Waals surface area contributed by atoms with Gasteiger partial charge in [0, 0.05) is 16.5 Å². The minimum Gasteiger partial charge on any atom is -0.212 e. The monoisotopic (exact) mass is 643 g/mol. The molecule has 7 aromatic carbocycles. The lowest BCUT2D eigenvalue weighted by Gasteiger charge is -2.56. The first-order valence-corrected chi connectivity index (χ1v) is 18.4. The third kappa shape index (κ3) is 4.53. The van der Waals surface area contributed by atoms with Gasteiger partial charge in [0.05, 0.1) is 0 Å². The SMILES string of the molecule is c1ccc2cc(-c3nc(-c4cc(-c5ccc6c(ccc7ccccc76)c5)cc5ccccc45)nc(C45CC6CC(CC(C6)C4)C5)n3)ccc2c1. The van der Waals surface area contributed by atoms with Crippen molar-refractivity contribution in [3.05, 3.63) is 139 Å². The first-order valence-electron chi connectivity index (χ1n) is 18.4. The molecule has 240 valence electrons. The van der Waals surface area contributed by atoms with E-state index < -0.39 is 0 Å². The summed E-state index contributed by atoms with van der Waals surface area (Å²) in [5.74, 6) is 5.02. The van der Waals surface area contributed by atoms with Crippen LogP contribution in [0.2, 0.25) is 0 Å². The van der Waals surface area contributed by atoms with Crippen LogP contribution in [0.1, 0.15) is 44.3 Å². The fraction of sp³-hybridized carbons (Fsp3) is 0.213. The lowest BCUT2D eigenvalue weighted by Crippen LogP contribution is -2.49. The predicted molar refractivity (Wildman–Crippen MR) is 206 cm³/mol. The van der Waals surface area contributed by atoms with Crippen LogP contribution in [0.4, 0.5) is 0 Å². The van der Waals surface area contributed by atoms with E-state index >= 15 is 0 Å². The predicted octanol–water partition coefficient (Wildman–Crippen LogP) is 12.0. The van der Waals surface area contributed by atoms with Gasteiger partial charge in [-0.3, -0.25) is 0 Å². The molecule has 1 aromatic heterocycles. The Labute approximate surface area is 292 Å². The van der Waals surface area contributed by atoms with Crippen molar-refractivity contribution in [1.29, 1.82) is 0 Å². The molecule has 0 spiro atoms. The summed E-state index contributed by atoms with van der Waals surface area (Å²) in [7, 11) is 0. The molecule has 0 radical (unpaired) electrons. The first-order chi connectivity index (χ1) is 24.6. The number of aromatic nitrogens is 3. The van der Waals surface area contributed by atoms with Gasteiger partial charge in [0.1, 0.15) is 5.82 Å². The van der Waals surface area contributed by atoms with Crippen LogP contribution in [-0.4, -0.2) is 15.0 Å². The van der Waals surface area contributed by atoms with Crippen LogP contribution in [0, 0.1) is 17.8 Å². The van der Waals surface area contributed by atoms with Crippen LogP contribution in [0.25, 0.3) is 77.0 Å². The zero-order valence-corrected chi connectivity index (χ0v) is 28.0. The van der Waals surface area contributed by atoms with E-state index in [1.165, 1.54) is 92.7 Å². The van der Waals surface area contributed by atoms with E-state index in [0.717, 1.165) is 46.4 Å². The zero-order chi connectivity index (χ0) is 32.8. The Bertz CT molecular complexity index is 2620. The largest absolute Gasteiger partial charge is 0.212 e. The summed E-state index contributed by atoms with van der Waals surface area (Å²) in [6.45, 7) is 0. The highest BCUT2D eigenvalue weighted by atomic mass is 15.0. The van der Waals surface area contributed by atoms with Crippen molar-refractivity contribution < 1.29 is 0 Å². The second-order valence-corrected chi connectivity index (χ2v) is 15.5. The van der Waals surface area contributed by atoms with Gasteiger partial charge in [0.25, 0.3) is 0 Å². The van der Waals surface area contributed by atoms with Gasteiger partial charge in [-0.15, -0.1) is 0 Å². The van der Waals surface area contributed by atoms with Crippen LogP contribution in [0.3, 0.4) is 0 Å². The van der Waals surface area contributed by atoms with Gasteiger partial charge in [-0.05, 0) is 135 Å². The summed E-state index contributed by atoms with van der Waals surface area (Å²) in [6, 6.07) is 48.6. The molecule has 50 heavy (non-hydrogen) atoms. The maximum atomic E-state index is 5.53. The summed E-state index contributed by atoms with van der Waals surface area (Å²) >= 11 is 0. The molecule has 1 heterocycles. The van der Waals surface area contributed by atoms with Crippen LogP contribution in [-0.2, 0) is 5.41 Å². The second-order valence-electron chi connectivity index (χ2n) is 15.5. The molecular weight excluding hydrogens is 607 g/mol. The van der Waals surface area contributed by atoms with Crippen LogP contribution >= 0.6 is 0 Å². The molecule has 0 atom stereocenters. The Hall–Kier alpha value is -5.41. The fourth-order valence-corrected chi connectivity index (χ4v) is 10.4. The maximum absolute atomic E-state index is 5.53. The Morgan fingerprint density at radius 3 is 1.74 bits per heavy atom. The molecule has 0 aliphatic heterocycles. The smallest absolute Gasteiger partial charge is 0.164 e. The van der Waals surface area contributed by atoms with Gasteiger partial charge in [-0.25, -0.2) is 15.0 Å². The molecule has 4 saturated carbocycles. The van der Waals surface area contributed by atoms with Crippen LogP contribution in [0.15, 0.2) is 133 Å². The summed E-state index contributed by atoms with van der Waals surface area (Å²) in [6.07, 6.45) is 7.82. The molecule has 8 aromatic rings. The van der Waals surface area contributed by atoms with Crippen LogP contribution < -0.4 is 0 Å².